The molecule has 0 fully saturated rings. The molecular formula is C20H25ClN2O3. The average molecular weight is 377 g/mol. The molecule has 26 heavy (non-hydrogen) atoms. The maximum atomic E-state index is 12.0. The summed E-state index contributed by atoms with van der Waals surface area (Å²) in [6, 6.07) is 11.6. The lowest BCUT2D eigenvalue weighted by atomic mass is 10.1. The molecule has 140 valence electrons. The van der Waals surface area contributed by atoms with Crippen LogP contribution in [-0.2, 0) is 13.0 Å². The van der Waals surface area contributed by atoms with Crippen molar-refractivity contribution >= 4 is 17.6 Å². The second-order valence-electron chi connectivity index (χ2n) is 5.89. The minimum atomic E-state index is -0.221. The molecule has 0 aliphatic heterocycles. The third-order valence-corrected chi connectivity index (χ3v) is 4.09. The van der Waals surface area contributed by atoms with Gasteiger partial charge >= 0.3 is 6.03 Å². The number of urea groups is 1. The van der Waals surface area contributed by atoms with Gasteiger partial charge in [0.05, 0.1) is 18.7 Å². The summed E-state index contributed by atoms with van der Waals surface area (Å²) in [4.78, 5) is 12.0. The Labute approximate surface area is 159 Å². The summed E-state index contributed by atoms with van der Waals surface area (Å²) in [7, 11) is 1.56. The largest absolute Gasteiger partial charge is 0.493 e. The van der Waals surface area contributed by atoms with Gasteiger partial charge in [-0.1, -0.05) is 41.4 Å². The molecule has 0 aliphatic rings. The van der Waals surface area contributed by atoms with Gasteiger partial charge in [0.1, 0.15) is 0 Å². The maximum Gasteiger partial charge on any atom is 0.315 e. The molecule has 2 aromatic rings. The number of aryl methyl sites for hydroxylation is 1. The van der Waals surface area contributed by atoms with E-state index < -0.39 is 0 Å². The van der Waals surface area contributed by atoms with E-state index in [1.54, 1.807) is 13.2 Å². The van der Waals surface area contributed by atoms with E-state index in [2.05, 4.69) is 35.8 Å². The normalized spacial score (nSPS) is 10.3. The molecule has 0 aliphatic carbocycles. The van der Waals surface area contributed by atoms with Crippen LogP contribution in [0.5, 0.6) is 11.5 Å². The number of hydrogen-bond acceptors (Lipinski definition) is 3. The van der Waals surface area contributed by atoms with Crippen molar-refractivity contribution < 1.29 is 14.3 Å². The van der Waals surface area contributed by atoms with E-state index in [1.807, 2.05) is 19.1 Å². The first-order valence-corrected chi connectivity index (χ1v) is 8.97. The summed E-state index contributed by atoms with van der Waals surface area (Å²) in [5.74, 6) is 1.07. The minimum Gasteiger partial charge on any atom is -0.493 e. The first kappa shape index (κ1) is 19.9. The third-order valence-electron chi connectivity index (χ3n) is 3.81. The van der Waals surface area contributed by atoms with Crippen LogP contribution in [0.4, 0.5) is 4.79 Å². The molecule has 0 unspecified atom stereocenters. The zero-order chi connectivity index (χ0) is 18.9. The highest BCUT2D eigenvalue weighted by Gasteiger charge is 2.12. The molecule has 2 aromatic carbocycles. The van der Waals surface area contributed by atoms with Gasteiger partial charge in [-0.2, -0.15) is 0 Å². The second-order valence-corrected chi connectivity index (χ2v) is 6.30. The Morgan fingerprint density at radius 2 is 1.96 bits per heavy atom. The van der Waals surface area contributed by atoms with Crippen molar-refractivity contribution in [2.24, 2.45) is 0 Å². The van der Waals surface area contributed by atoms with Gasteiger partial charge in [-0.25, -0.2) is 4.79 Å². The van der Waals surface area contributed by atoms with Crippen LogP contribution in [0.1, 0.15) is 23.6 Å². The molecule has 0 saturated carbocycles. The molecule has 5 nitrogen and oxygen atoms in total. The van der Waals surface area contributed by atoms with E-state index in [9.17, 15) is 4.79 Å². The van der Waals surface area contributed by atoms with Gasteiger partial charge in [0, 0.05) is 13.1 Å². The lowest BCUT2D eigenvalue weighted by molar-refractivity contribution is 0.240. The predicted octanol–water partition coefficient (Wildman–Crippen LogP) is 4.10. The predicted molar refractivity (Wildman–Crippen MR) is 104 cm³/mol. The van der Waals surface area contributed by atoms with Crippen LogP contribution < -0.4 is 20.1 Å². The molecule has 0 saturated heterocycles. The monoisotopic (exact) mass is 376 g/mol. The zero-order valence-corrected chi connectivity index (χ0v) is 16.2. The van der Waals surface area contributed by atoms with Crippen LogP contribution in [0, 0.1) is 6.92 Å². The second kappa shape index (κ2) is 9.92. The number of nitrogens with one attached hydrogen (secondary N) is 2. The number of rotatable bonds is 8. The van der Waals surface area contributed by atoms with Crippen LogP contribution in [0.3, 0.4) is 0 Å². The fourth-order valence-electron chi connectivity index (χ4n) is 2.59. The van der Waals surface area contributed by atoms with Crippen LogP contribution in [0.25, 0.3) is 0 Å². The van der Waals surface area contributed by atoms with Crippen molar-refractivity contribution in [3.05, 3.63) is 58.1 Å². The van der Waals surface area contributed by atoms with E-state index >= 15 is 0 Å². The van der Waals surface area contributed by atoms with Crippen LogP contribution >= 0.6 is 11.6 Å². The van der Waals surface area contributed by atoms with Crippen LogP contribution in [0.15, 0.2) is 36.4 Å². The van der Waals surface area contributed by atoms with Crippen molar-refractivity contribution in [2.45, 2.75) is 26.8 Å². The zero-order valence-electron chi connectivity index (χ0n) is 15.4. The quantitative estimate of drug-likeness (QED) is 0.729. The number of methoxy groups -OCH3 is 1. The lowest BCUT2D eigenvalue weighted by Gasteiger charge is -2.14. The summed E-state index contributed by atoms with van der Waals surface area (Å²) in [6.45, 7) is 5.35. The van der Waals surface area contributed by atoms with Crippen molar-refractivity contribution in [3.8, 4) is 11.5 Å². The van der Waals surface area contributed by atoms with E-state index in [0.717, 1.165) is 12.0 Å². The fraction of sp³-hybridized carbons (Fsp3) is 0.350. The average Bonchev–Trinajstić information content (AvgIpc) is 2.62. The Morgan fingerprint density at radius 1 is 1.15 bits per heavy atom. The number of amides is 2. The molecule has 0 radical (unpaired) electrons. The van der Waals surface area contributed by atoms with Crippen molar-refractivity contribution in [1.29, 1.82) is 0 Å². The SMILES string of the molecule is CCOc1c(Cl)cc(CNC(=O)NCCc2cccc(C)c2)cc1OC. The van der Waals surface area contributed by atoms with Crippen molar-refractivity contribution in [1.82, 2.24) is 10.6 Å². The molecule has 0 atom stereocenters. The number of carbonyl (C=O) groups is 1. The van der Waals surface area contributed by atoms with Gasteiger partial charge in [-0.05, 0) is 43.5 Å². The molecule has 2 amide bonds. The van der Waals surface area contributed by atoms with Crippen LogP contribution in [0.2, 0.25) is 5.02 Å². The highest BCUT2D eigenvalue weighted by molar-refractivity contribution is 6.32. The Hall–Kier alpha value is -2.40. The van der Waals surface area contributed by atoms with E-state index in [4.69, 9.17) is 21.1 Å². The van der Waals surface area contributed by atoms with Crippen LogP contribution in [-0.4, -0.2) is 26.3 Å². The van der Waals surface area contributed by atoms with Gasteiger partial charge < -0.3 is 20.1 Å². The summed E-state index contributed by atoms with van der Waals surface area (Å²) < 4.78 is 10.8. The summed E-state index contributed by atoms with van der Waals surface area (Å²) in [5.41, 5.74) is 3.26. The Morgan fingerprint density at radius 3 is 2.65 bits per heavy atom. The summed E-state index contributed by atoms with van der Waals surface area (Å²) >= 11 is 6.24. The van der Waals surface area contributed by atoms with Crippen molar-refractivity contribution in [2.75, 3.05) is 20.3 Å². The Bertz CT molecular complexity index is 750. The fourth-order valence-corrected chi connectivity index (χ4v) is 2.88. The van der Waals surface area contributed by atoms with Crippen molar-refractivity contribution in [3.63, 3.8) is 0 Å². The molecule has 0 spiro atoms. The van der Waals surface area contributed by atoms with E-state index in [0.29, 0.717) is 36.2 Å². The number of hydrogen-bond donors (Lipinski definition) is 2. The van der Waals surface area contributed by atoms with Gasteiger partial charge in [0.2, 0.25) is 0 Å². The smallest absolute Gasteiger partial charge is 0.315 e. The first-order valence-electron chi connectivity index (χ1n) is 8.60. The van der Waals surface area contributed by atoms with Gasteiger partial charge in [0.25, 0.3) is 0 Å². The molecule has 2 N–H and O–H groups in total. The molecule has 0 heterocycles. The number of carbonyl (C=O) groups excluding carboxylic acids is 1. The van der Waals surface area contributed by atoms with Gasteiger partial charge in [-0.3, -0.25) is 0 Å². The van der Waals surface area contributed by atoms with E-state index in [-0.39, 0.29) is 6.03 Å². The van der Waals surface area contributed by atoms with Gasteiger partial charge in [0.15, 0.2) is 11.5 Å². The van der Waals surface area contributed by atoms with Gasteiger partial charge in [-0.15, -0.1) is 0 Å². The highest BCUT2D eigenvalue weighted by Crippen LogP contribution is 2.36. The minimum absolute atomic E-state index is 0.221. The molecule has 2 rings (SSSR count). The molecular weight excluding hydrogens is 352 g/mol. The Balaban J connectivity index is 1.84. The molecule has 0 bridgehead atoms. The number of ether oxygens (including phenoxy) is 2. The maximum absolute atomic E-state index is 12.0. The van der Waals surface area contributed by atoms with E-state index in [1.165, 1.54) is 11.1 Å². The molecule has 6 heteroatoms. The third kappa shape index (κ3) is 5.85. The summed E-state index contributed by atoms with van der Waals surface area (Å²) in [6.07, 6.45) is 0.789. The highest BCUT2D eigenvalue weighted by atomic mass is 35.5. The number of benzene rings is 2. The first-order chi connectivity index (χ1) is 12.5. The topological polar surface area (TPSA) is 59.6 Å². The summed E-state index contributed by atoms with van der Waals surface area (Å²) in [5, 5.41) is 6.14. The lowest BCUT2D eigenvalue weighted by Crippen LogP contribution is -2.36. The number of halogens is 1. The standard InChI is InChI=1S/C20H25ClN2O3/c1-4-26-19-17(21)11-16(12-18(19)25-3)13-23-20(24)22-9-8-15-7-5-6-14(2)10-15/h5-7,10-12H,4,8-9,13H2,1-3H3,(H2,22,23,24). The molecule has 0 aromatic heterocycles. The Kier molecular flexibility index (Phi) is 7.60.